The van der Waals surface area contributed by atoms with E-state index in [2.05, 4.69) is 5.32 Å². The molecule has 2 atom stereocenters. The highest BCUT2D eigenvalue weighted by atomic mass is 19.1. The van der Waals surface area contributed by atoms with Gasteiger partial charge in [-0.2, -0.15) is 0 Å². The van der Waals surface area contributed by atoms with Crippen molar-refractivity contribution in [3.8, 4) is 0 Å². The molecular formula is C10H12FNO. The lowest BCUT2D eigenvalue weighted by Crippen LogP contribution is -2.21. The van der Waals surface area contributed by atoms with Gasteiger partial charge in [0.05, 0.1) is 12.1 Å². The van der Waals surface area contributed by atoms with Gasteiger partial charge in [-0.1, -0.05) is 18.2 Å². The smallest absolute Gasteiger partial charge is 0.128 e. The van der Waals surface area contributed by atoms with E-state index in [9.17, 15) is 9.50 Å². The predicted molar refractivity (Wildman–Crippen MR) is 47.8 cm³/mol. The molecule has 0 aliphatic carbocycles. The van der Waals surface area contributed by atoms with Crippen LogP contribution >= 0.6 is 0 Å². The molecule has 0 bridgehead atoms. The van der Waals surface area contributed by atoms with E-state index >= 15 is 0 Å². The zero-order valence-electron chi connectivity index (χ0n) is 7.20. The summed E-state index contributed by atoms with van der Waals surface area (Å²) in [6, 6.07) is 6.33. The minimum Gasteiger partial charge on any atom is -0.391 e. The molecule has 1 aromatic rings. The fourth-order valence-electron chi connectivity index (χ4n) is 1.73. The molecule has 0 radical (unpaired) electrons. The number of hydrogen-bond donors (Lipinski definition) is 2. The van der Waals surface area contributed by atoms with Crippen LogP contribution in [0.25, 0.3) is 0 Å². The van der Waals surface area contributed by atoms with E-state index in [1.165, 1.54) is 6.07 Å². The molecule has 2 rings (SSSR count). The van der Waals surface area contributed by atoms with Crippen LogP contribution in [0.15, 0.2) is 24.3 Å². The monoisotopic (exact) mass is 181 g/mol. The van der Waals surface area contributed by atoms with Crippen LogP contribution < -0.4 is 5.32 Å². The Hall–Kier alpha value is -0.930. The average Bonchev–Trinajstić information content (AvgIpc) is 2.52. The molecule has 0 unspecified atom stereocenters. The van der Waals surface area contributed by atoms with Crippen molar-refractivity contribution in [1.82, 2.24) is 5.32 Å². The van der Waals surface area contributed by atoms with Gasteiger partial charge in [-0.15, -0.1) is 0 Å². The summed E-state index contributed by atoms with van der Waals surface area (Å²) in [5, 5.41) is 12.6. The van der Waals surface area contributed by atoms with Gasteiger partial charge in [-0.3, -0.25) is 0 Å². The van der Waals surface area contributed by atoms with E-state index < -0.39 is 6.10 Å². The van der Waals surface area contributed by atoms with Gasteiger partial charge >= 0.3 is 0 Å². The molecule has 2 N–H and O–H groups in total. The molecule has 0 aromatic heterocycles. The number of hydrogen-bond acceptors (Lipinski definition) is 2. The Morgan fingerprint density at radius 1 is 1.38 bits per heavy atom. The highest BCUT2D eigenvalue weighted by Crippen LogP contribution is 2.25. The Balaban J connectivity index is 2.29. The first-order valence-corrected chi connectivity index (χ1v) is 4.45. The van der Waals surface area contributed by atoms with Gasteiger partial charge in [0.15, 0.2) is 0 Å². The third-order valence-corrected chi connectivity index (χ3v) is 2.43. The second-order valence-electron chi connectivity index (χ2n) is 3.31. The van der Waals surface area contributed by atoms with E-state index in [1.54, 1.807) is 18.2 Å². The second kappa shape index (κ2) is 3.44. The van der Waals surface area contributed by atoms with Gasteiger partial charge < -0.3 is 10.4 Å². The molecular weight excluding hydrogens is 169 g/mol. The highest BCUT2D eigenvalue weighted by molar-refractivity contribution is 5.23. The van der Waals surface area contributed by atoms with Crippen LogP contribution in [0.2, 0.25) is 0 Å². The van der Waals surface area contributed by atoms with Crippen molar-refractivity contribution in [1.29, 1.82) is 0 Å². The van der Waals surface area contributed by atoms with Crippen molar-refractivity contribution in [2.24, 2.45) is 0 Å². The van der Waals surface area contributed by atoms with Crippen LogP contribution in [-0.4, -0.2) is 17.8 Å². The zero-order valence-corrected chi connectivity index (χ0v) is 7.20. The van der Waals surface area contributed by atoms with E-state index in [-0.39, 0.29) is 11.9 Å². The lowest BCUT2D eigenvalue weighted by Gasteiger charge is -2.15. The Kier molecular flexibility index (Phi) is 2.29. The Morgan fingerprint density at radius 3 is 2.77 bits per heavy atom. The Labute approximate surface area is 76.4 Å². The van der Waals surface area contributed by atoms with E-state index in [0.29, 0.717) is 12.0 Å². The molecule has 3 heteroatoms. The summed E-state index contributed by atoms with van der Waals surface area (Å²) in [6.07, 6.45) is 0.232. The van der Waals surface area contributed by atoms with Crippen LogP contribution in [0.5, 0.6) is 0 Å². The molecule has 0 amide bonds. The van der Waals surface area contributed by atoms with E-state index in [0.717, 1.165) is 6.54 Å². The first-order valence-electron chi connectivity index (χ1n) is 4.45. The van der Waals surface area contributed by atoms with Gasteiger partial charge in [-0.25, -0.2) is 4.39 Å². The number of halogens is 1. The van der Waals surface area contributed by atoms with Crippen LogP contribution in [0.4, 0.5) is 4.39 Å². The largest absolute Gasteiger partial charge is 0.391 e. The van der Waals surface area contributed by atoms with Gasteiger partial charge in [0, 0.05) is 5.56 Å². The van der Waals surface area contributed by atoms with E-state index in [4.69, 9.17) is 0 Å². The molecule has 1 aromatic carbocycles. The first-order chi connectivity index (χ1) is 6.29. The lowest BCUT2D eigenvalue weighted by molar-refractivity contribution is 0.158. The van der Waals surface area contributed by atoms with Gasteiger partial charge in [-0.05, 0) is 19.0 Å². The third kappa shape index (κ3) is 1.57. The number of benzene rings is 1. The van der Waals surface area contributed by atoms with Crippen molar-refractivity contribution >= 4 is 0 Å². The van der Waals surface area contributed by atoms with Crippen molar-refractivity contribution in [2.75, 3.05) is 6.54 Å². The van der Waals surface area contributed by atoms with Crippen molar-refractivity contribution < 1.29 is 9.50 Å². The minimum atomic E-state index is -0.461. The maximum atomic E-state index is 13.3. The number of aliphatic hydroxyl groups is 1. The summed E-state index contributed by atoms with van der Waals surface area (Å²) < 4.78 is 13.3. The van der Waals surface area contributed by atoms with Crippen molar-refractivity contribution in [3.05, 3.63) is 35.6 Å². The third-order valence-electron chi connectivity index (χ3n) is 2.43. The summed E-state index contributed by atoms with van der Waals surface area (Å²) in [5.74, 6) is -0.249. The Bertz CT molecular complexity index is 303. The summed E-state index contributed by atoms with van der Waals surface area (Å²) in [5.41, 5.74) is 0.563. The van der Waals surface area contributed by atoms with Crippen LogP contribution in [-0.2, 0) is 0 Å². The molecule has 13 heavy (non-hydrogen) atoms. The second-order valence-corrected chi connectivity index (χ2v) is 3.31. The standard InChI is InChI=1S/C10H12FNO/c11-8-4-2-1-3-7(8)10-9(13)5-6-12-10/h1-4,9-10,12-13H,5-6H2/t9-,10-/m1/s1. The SMILES string of the molecule is O[C@@H]1CCN[C@@H]1c1ccccc1F. The van der Waals surface area contributed by atoms with Gasteiger partial charge in [0.25, 0.3) is 0 Å². The number of rotatable bonds is 1. The van der Waals surface area contributed by atoms with Gasteiger partial charge in [0.1, 0.15) is 5.82 Å². The molecule has 1 heterocycles. The summed E-state index contributed by atoms with van der Waals surface area (Å²) in [4.78, 5) is 0. The average molecular weight is 181 g/mol. The van der Waals surface area contributed by atoms with Crippen molar-refractivity contribution in [2.45, 2.75) is 18.6 Å². The molecule has 1 fully saturated rings. The summed E-state index contributed by atoms with van der Waals surface area (Å²) in [7, 11) is 0. The highest BCUT2D eigenvalue weighted by Gasteiger charge is 2.27. The number of aliphatic hydroxyl groups excluding tert-OH is 1. The normalized spacial score (nSPS) is 27.8. The molecule has 1 aliphatic heterocycles. The van der Waals surface area contributed by atoms with E-state index in [1.807, 2.05) is 0 Å². The number of nitrogens with one attached hydrogen (secondary N) is 1. The van der Waals surface area contributed by atoms with Crippen LogP contribution in [0, 0.1) is 5.82 Å². The van der Waals surface area contributed by atoms with Crippen molar-refractivity contribution in [3.63, 3.8) is 0 Å². The first kappa shape index (κ1) is 8.66. The Morgan fingerprint density at radius 2 is 2.15 bits per heavy atom. The van der Waals surface area contributed by atoms with Crippen LogP contribution in [0.3, 0.4) is 0 Å². The quantitative estimate of drug-likeness (QED) is 0.682. The maximum absolute atomic E-state index is 13.3. The molecule has 2 nitrogen and oxygen atoms in total. The fourth-order valence-corrected chi connectivity index (χ4v) is 1.73. The fraction of sp³-hybridized carbons (Fsp3) is 0.400. The zero-order chi connectivity index (χ0) is 9.26. The molecule has 1 saturated heterocycles. The summed E-state index contributed by atoms with van der Waals surface area (Å²) >= 11 is 0. The molecule has 1 aliphatic rings. The van der Waals surface area contributed by atoms with Crippen LogP contribution in [0.1, 0.15) is 18.0 Å². The molecule has 0 saturated carbocycles. The minimum absolute atomic E-state index is 0.235. The predicted octanol–water partition coefficient (Wildman–Crippen LogP) is 1.22. The molecule has 0 spiro atoms. The molecule has 70 valence electrons. The van der Waals surface area contributed by atoms with Gasteiger partial charge in [0.2, 0.25) is 0 Å². The lowest BCUT2D eigenvalue weighted by atomic mass is 10.0. The summed E-state index contributed by atoms with van der Waals surface area (Å²) in [6.45, 7) is 0.750. The topological polar surface area (TPSA) is 32.3 Å². The maximum Gasteiger partial charge on any atom is 0.128 e.